The Labute approximate surface area is 49.5 Å². The minimum absolute atomic E-state index is 0.706. The van der Waals surface area contributed by atoms with Crippen LogP contribution in [0.5, 0.6) is 0 Å². The zero-order valence-electron chi connectivity index (χ0n) is 2.46. The van der Waals surface area contributed by atoms with E-state index in [4.69, 9.17) is 0 Å². The summed E-state index contributed by atoms with van der Waals surface area (Å²) in [5.74, 6) is 0. The molecule has 0 nitrogen and oxygen atoms in total. The molecule has 0 aliphatic heterocycles. The van der Waals surface area contributed by atoms with Gasteiger partial charge in [-0.15, -0.1) is 8.93 Å². The fourth-order valence-corrected chi connectivity index (χ4v) is 1.65. The molecule has 0 spiro atoms. The van der Waals surface area contributed by atoms with Crippen molar-refractivity contribution in [3.05, 3.63) is 0 Å². The number of hydrogen-bond acceptors (Lipinski definition) is 0. The van der Waals surface area contributed by atoms with E-state index in [0.717, 1.165) is 0 Å². The summed E-state index contributed by atoms with van der Waals surface area (Å²) in [5, 5.41) is 0. The van der Waals surface area contributed by atoms with Gasteiger partial charge in [0.2, 0.25) is 0 Å². The highest BCUT2D eigenvalue weighted by molar-refractivity contribution is 14.1. The molecule has 0 rings (SSSR count). The van der Waals surface area contributed by atoms with Crippen LogP contribution in [0, 0.1) is 9.59 Å². The predicted octanol–water partition coefficient (Wildman–Crippen LogP) is 1.81. The van der Waals surface area contributed by atoms with Gasteiger partial charge in [0.05, 0.1) is 0 Å². The monoisotopic (exact) mass is 216 g/mol. The van der Waals surface area contributed by atoms with E-state index in [-0.39, 0.29) is 0 Å². The van der Waals surface area contributed by atoms with E-state index < -0.39 is 0 Å². The second kappa shape index (κ2) is 5.15. The fourth-order valence-electron chi connectivity index (χ4n) is 0.0273. The van der Waals surface area contributed by atoms with E-state index in [9.17, 15) is 0 Å². The van der Waals surface area contributed by atoms with Gasteiger partial charge in [-0.25, -0.2) is 0 Å². The lowest BCUT2D eigenvalue weighted by atomic mass is 11.4. The molecule has 2 unspecified atom stereocenters. The van der Waals surface area contributed by atoms with E-state index >= 15 is 0 Å². The number of hydrogen-bond donors (Lipinski definition) is 0. The Morgan fingerprint density at radius 1 is 1.80 bits per heavy atom. The molecule has 0 fully saturated rings. The van der Waals surface area contributed by atoms with Crippen LogP contribution in [0.2, 0.25) is 0 Å². The van der Waals surface area contributed by atoms with Crippen molar-refractivity contribution in [2.75, 3.05) is 0 Å². The molecule has 3 heteroatoms. The van der Waals surface area contributed by atoms with Crippen molar-refractivity contribution in [3.8, 4) is 9.59 Å². The van der Waals surface area contributed by atoms with Crippen LogP contribution in [0.1, 0.15) is 0 Å². The molecule has 5 heavy (non-hydrogen) atoms. The van der Waals surface area contributed by atoms with Crippen LogP contribution < -0.4 is 0 Å². The first-order valence-electron chi connectivity index (χ1n) is 0.978. The molecule has 0 saturated carbocycles. The molecular formula is C2H3IP2. The second-order valence-electron chi connectivity index (χ2n) is 0.364. The van der Waals surface area contributed by atoms with Crippen molar-refractivity contribution in [2.45, 2.75) is 0 Å². The molecule has 0 amide bonds. The molecule has 0 saturated heterocycles. The van der Waals surface area contributed by atoms with Gasteiger partial charge in [0, 0.05) is 22.6 Å². The Bertz CT molecular complexity index is 59.8. The van der Waals surface area contributed by atoms with Crippen molar-refractivity contribution in [2.24, 2.45) is 0 Å². The average Bonchev–Trinajstić information content (AvgIpc) is 1.41. The van der Waals surface area contributed by atoms with Crippen molar-refractivity contribution in [3.63, 3.8) is 0 Å². The van der Waals surface area contributed by atoms with Crippen LogP contribution in [0.4, 0.5) is 0 Å². The first kappa shape index (κ1) is 6.15. The molecule has 0 bridgehead atoms. The van der Waals surface area contributed by atoms with Crippen molar-refractivity contribution in [1.29, 1.82) is 0 Å². The predicted molar refractivity (Wildman–Crippen MR) is 39.8 cm³/mol. The second-order valence-corrected chi connectivity index (χ2v) is 2.31. The van der Waals surface area contributed by atoms with Crippen molar-refractivity contribution < 1.29 is 0 Å². The first-order chi connectivity index (χ1) is 2.41. The SMILES string of the molecule is PPC#CI. The maximum absolute atomic E-state index is 2.84. The summed E-state index contributed by atoms with van der Waals surface area (Å²) in [5.41, 5.74) is 2.84. The van der Waals surface area contributed by atoms with Gasteiger partial charge in [0.1, 0.15) is 0 Å². The molecular weight excluding hydrogens is 213 g/mol. The van der Waals surface area contributed by atoms with Gasteiger partial charge in [0.25, 0.3) is 0 Å². The van der Waals surface area contributed by atoms with Crippen LogP contribution in [0.25, 0.3) is 0 Å². The zero-order chi connectivity index (χ0) is 4.12. The van der Waals surface area contributed by atoms with Crippen LogP contribution in [-0.2, 0) is 0 Å². The molecule has 0 aliphatic carbocycles. The third-order valence-corrected chi connectivity index (χ3v) is 1.60. The Morgan fingerprint density at radius 3 is 2.40 bits per heavy atom. The normalized spacial score (nSPS) is 7.60. The first-order valence-corrected chi connectivity index (χ1v) is 4.87. The molecule has 0 radical (unpaired) electrons. The van der Waals surface area contributed by atoms with Gasteiger partial charge in [-0.3, -0.25) is 0 Å². The summed E-state index contributed by atoms with van der Waals surface area (Å²) in [6.45, 7) is 0. The summed E-state index contributed by atoms with van der Waals surface area (Å²) in [6.07, 6.45) is 0. The van der Waals surface area contributed by atoms with E-state index in [1.807, 2.05) is 22.6 Å². The molecule has 0 aromatic rings. The lowest BCUT2D eigenvalue weighted by Crippen LogP contribution is -1.15. The summed E-state index contributed by atoms with van der Waals surface area (Å²) < 4.78 is 2.73. The van der Waals surface area contributed by atoms with Gasteiger partial charge in [-0.05, 0) is 12.2 Å². The lowest BCUT2D eigenvalue weighted by molar-refractivity contribution is 3.12. The number of rotatable bonds is 0. The van der Waals surface area contributed by atoms with Crippen LogP contribution in [0.15, 0.2) is 0 Å². The Morgan fingerprint density at radius 2 is 2.40 bits per heavy atom. The quantitative estimate of drug-likeness (QED) is 0.329. The Hall–Kier alpha value is 1.15. The summed E-state index contributed by atoms with van der Waals surface area (Å²) >= 11 is 2.02. The summed E-state index contributed by atoms with van der Waals surface area (Å²) in [6, 6.07) is 0. The summed E-state index contributed by atoms with van der Waals surface area (Å²) in [4.78, 5) is 0. The standard InChI is InChI=1S/C2H3IP2/c3-1-2-5-4/h5H,4H2. The van der Waals surface area contributed by atoms with E-state index in [2.05, 4.69) is 18.5 Å². The van der Waals surface area contributed by atoms with Gasteiger partial charge >= 0.3 is 0 Å². The molecule has 0 aromatic carbocycles. The van der Waals surface area contributed by atoms with Gasteiger partial charge < -0.3 is 0 Å². The topological polar surface area (TPSA) is 0 Å². The van der Waals surface area contributed by atoms with Gasteiger partial charge in [-0.1, -0.05) is 5.66 Å². The average molecular weight is 216 g/mol. The van der Waals surface area contributed by atoms with Crippen molar-refractivity contribution >= 4 is 39.8 Å². The van der Waals surface area contributed by atoms with E-state index in [1.54, 1.807) is 0 Å². The van der Waals surface area contributed by atoms with Crippen LogP contribution in [0.3, 0.4) is 0 Å². The molecule has 0 N–H and O–H groups in total. The molecule has 0 aromatic heterocycles. The Balaban J connectivity index is 2.81. The zero-order valence-corrected chi connectivity index (χ0v) is 6.77. The fraction of sp³-hybridized carbons (Fsp3) is 0. The van der Waals surface area contributed by atoms with Crippen LogP contribution >= 0.6 is 39.8 Å². The molecule has 28 valence electrons. The smallest absolute Gasteiger partial charge is 0.0185 e. The largest absolute Gasteiger partial charge is 0.101 e. The van der Waals surface area contributed by atoms with Crippen LogP contribution in [-0.4, -0.2) is 0 Å². The molecule has 0 aliphatic rings. The highest BCUT2D eigenvalue weighted by Crippen LogP contribution is 2.16. The van der Waals surface area contributed by atoms with Crippen molar-refractivity contribution in [1.82, 2.24) is 0 Å². The minimum atomic E-state index is 0.706. The molecule has 2 atom stereocenters. The Kier molecular flexibility index (Phi) is 6.33. The third kappa shape index (κ3) is 5.15. The third-order valence-electron chi connectivity index (χ3n) is 0.119. The van der Waals surface area contributed by atoms with Gasteiger partial charge in [-0.2, -0.15) is 0 Å². The minimum Gasteiger partial charge on any atom is -0.101 e. The van der Waals surface area contributed by atoms with E-state index in [0.29, 0.717) is 8.27 Å². The molecule has 0 heterocycles. The van der Waals surface area contributed by atoms with E-state index in [1.165, 1.54) is 0 Å². The highest BCUT2D eigenvalue weighted by Gasteiger charge is 1.48. The number of halogens is 1. The maximum atomic E-state index is 2.84. The highest BCUT2D eigenvalue weighted by atomic mass is 127. The maximum Gasteiger partial charge on any atom is 0.0185 e. The lowest BCUT2D eigenvalue weighted by Gasteiger charge is -1.57. The van der Waals surface area contributed by atoms with Gasteiger partial charge in [0.15, 0.2) is 0 Å². The summed E-state index contributed by atoms with van der Waals surface area (Å²) in [7, 11) is 3.25.